The average molecular weight is 334 g/mol. The topological polar surface area (TPSA) is 66.4 Å². The van der Waals surface area contributed by atoms with E-state index in [9.17, 15) is 0 Å². The highest BCUT2D eigenvalue weighted by molar-refractivity contribution is 4.79. The number of aliphatic hydroxyl groups excluding tert-OH is 1. The zero-order chi connectivity index (χ0) is 17.8. The van der Waals surface area contributed by atoms with E-state index in [1.807, 2.05) is 34.6 Å². The molecule has 6 nitrogen and oxygen atoms in total. The first-order chi connectivity index (χ1) is 10.4. The van der Waals surface area contributed by atoms with Crippen molar-refractivity contribution in [2.24, 2.45) is 10.8 Å². The minimum atomic E-state index is -0.478. The molecule has 2 fully saturated rings. The van der Waals surface area contributed by atoms with Gasteiger partial charge in [0.25, 0.3) is 0 Å². The summed E-state index contributed by atoms with van der Waals surface area (Å²) in [6.45, 7) is 15.0. The third-order valence-corrected chi connectivity index (χ3v) is 3.95. The Labute approximate surface area is 140 Å². The zero-order valence-electron chi connectivity index (χ0n) is 15.7. The van der Waals surface area contributed by atoms with E-state index in [0.29, 0.717) is 33.0 Å². The van der Waals surface area contributed by atoms with Gasteiger partial charge < -0.3 is 28.8 Å². The molecule has 0 unspecified atom stereocenters. The van der Waals surface area contributed by atoms with Gasteiger partial charge in [-0.05, 0) is 27.7 Å². The maximum absolute atomic E-state index is 8.96. The van der Waals surface area contributed by atoms with Crippen molar-refractivity contribution in [3.63, 3.8) is 0 Å². The highest BCUT2D eigenvalue weighted by Gasteiger charge is 2.37. The predicted octanol–water partition coefficient (Wildman–Crippen LogP) is 2.19. The van der Waals surface area contributed by atoms with E-state index in [0.717, 1.165) is 0 Å². The average Bonchev–Trinajstić information content (AvgIpc) is 2.48. The minimum Gasteiger partial charge on any atom is -0.396 e. The van der Waals surface area contributed by atoms with Crippen LogP contribution < -0.4 is 0 Å². The first kappa shape index (κ1) is 20.8. The molecule has 0 aromatic heterocycles. The van der Waals surface area contributed by atoms with E-state index in [1.54, 1.807) is 7.11 Å². The zero-order valence-corrected chi connectivity index (χ0v) is 15.7. The molecule has 23 heavy (non-hydrogen) atoms. The van der Waals surface area contributed by atoms with Crippen LogP contribution >= 0.6 is 0 Å². The Kier molecular flexibility index (Phi) is 7.02. The molecule has 0 aromatic carbocycles. The number of ether oxygens (including phenoxy) is 5. The molecule has 0 spiro atoms. The Morgan fingerprint density at radius 1 is 0.739 bits per heavy atom. The van der Waals surface area contributed by atoms with Crippen molar-refractivity contribution in [3.05, 3.63) is 0 Å². The van der Waals surface area contributed by atoms with Crippen LogP contribution in [0.15, 0.2) is 0 Å². The third-order valence-electron chi connectivity index (χ3n) is 3.95. The predicted molar refractivity (Wildman–Crippen MR) is 87.1 cm³/mol. The summed E-state index contributed by atoms with van der Waals surface area (Å²) in [5.74, 6) is -0.901. The highest BCUT2D eigenvalue weighted by Crippen LogP contribution is 2.29. The van der Waals surface area contributed by atoms with E-state index < -0.39 is 11.6 Å². The summed E-state index contributed by atoms with van der Waals surface area (Å²) in [5, 5.41) is 8.96. The lowest BCUT2D eigenvalue weighted by Gasteiger charge is -2.40. The molecule has 0 saturated carbocycles. The third kappa shape index (κ3) is 7.03. The van der Waals surface area contributed by atoms with E-state index in [2.05, 4.69) is 6.92 Å². The molecule has 0 bridgehead atoms. The van der Waals surface area contributed by atoms with Crippen LogP contribution in [0.2, 0.25) is 0 Å². The van der Waals surface area contributed by atoms with Crippen molar-refractivity contribution in [2.75, 3.05) is 46.8 Å². The Hall–Kier alpha value is -0.240. The van der Waals surface area contributed by atoms with Crippen LogP contribution in [0, 0.1) is 10.8 Å². The molecule has 0 radical (unpaired) electrons. The second-order valence-electron chi connectivity index (χ2n) is 8.17. The Morgan fingerprint density at radius 2 is 1.09 bits per heavy atom. The smallest absolute Gasteiger partial charge is 0.162 e. The second kappa shape index (κ2) is 7.76. The van der Waals surface area contributed by atoms with Crippen LogP contribution in [0.1, 0.15) is 41.5 Å². The number of hydrogen-bond acceptors (Lipinski definition) is 6. The molecule has 0 amide bonds. The van der Waals surface area contributed by atoms with E-state index in [4.69, 9.17) is 28.8 Å². The molecule has 2 rings (SSSR count). The van der Waals surface area contributed by atoms with Gasteiger partial charge in [-0.25, -0.2) is 0 Å². The molecule has 2 heterocycles. The van der Waals surface area contributed by atoms with Crippen molar-refractivity contribution in [2.45, 2.75) is 53.1 Å². The van der Waals surface area contributed by atoms with Crippen molar-refractivity contribution in [1.29, 1.82) is 0 Å². The fourth-order valence-corrected chi connectivity index (χ4v) is 2.08. The van der Waals surface area contributed by atoms with Gasteiger partial charge in [0.1, 0.15) is 0 Å². The van der Waals surface area contributed by atoms with Gasteiger partial charge in [-0.15, -0.1) is 0 Å². The summed E-state index contributed by atoms with van der Waals surface area (Å²) in [6, 6.07) is 0. The lowest BCUT2D eigenvalue weighted by molar-refractivity contribution is -0.287. The molecule has 2 saturated heterocycles. The van der Waals surface area contributed by atoms with Gasteiger partial charge in [-0.2, -0.15) is 0 Å². The highest BCUT2D eigenvalue weighted by atomic mass is 16.7. The summed E-state index contributed by atoms with van der Waals surface area (Å²) in [4.78, 5) is 0. The molecular formula is C17H34O6. The quantitative estimate of drug-likeness (QED) is 0.853. The van der Waals surface area contributed by atoms with Crippen LogP contribution in [-0.2, 0) is 23.7 Å². The largest absolute Gasteiger partial charge is 0.396 e. The van der Waals surface area contributed by atoms with Gasteiger partial charge in [0, 0.05) is 17.9 Å². The standard InChI is InChI=1S/C9H18O3.C8H16O3/c1-8(2)11-6-9(3,5-10-4)7-12-8;1-7(2)10-5-8(3,4-9)6-11-7/h5-7H2,1-4H3;9H,4-6H2,1-3H3. The van der Waals surface area contributed by atoms with Crippen LogP contribution in [0.4, 0.5) is 0 Å². The van der Waals surface area contributed by atoms with E-state index in [1.165, 1.54) is 0 Å². The van der Waals surface area contributed by atoms with Crippen molar-refractivity contribution < 1.29 is 28.8 Å². The molecule has 0 aliphatic carbocycles. The molecule has 1 N–H and O–H groups in total. The Balaban J connectivity index is 0.000000231. The maximum Gasteiger partial charge on any atom is 0.162 e. The van der Waals surface area contributed by atoms with Gasteiger partial charge in [0.2, 0.25) is 0 Å². The van der Waals surface area contributed by atoms with Gasteiger partial charge in [-0.3, -0.25) is 0 Å². The molecular weight excluding hydrogens is 300 g/mol. The number of aliphatic hydroxyl groups is 1. The monoisotopic (exact) mass is 334 g/mol. The van der Waals surface area contributed by atoms with E-state index >= 15 is 0 Å². The maximum atomic E-state index is 8.96. The Morgan fingerprint density at radius 3 is 1.39 bits per heavy atom. The fourth-order valence-electron chi connectivity index (χ4n) is 2.08. The molecule has 138 valence electrons. The minimum absolute atomic E-state index is 0.0181. The van der Waals surface area contributed by atoms with Gasteiger partial charge in [0.15, 0.2) is 11.6 Å². The SMILES string of the molecule is CC1(CO)COC(C)(C)OC1.COCC1(C)COC(C)(C)OC1. The van der Waals surface area contributed by atoms with Crippen LogP contribution in [-0.4, -0.2) is 63.4 Å². The molecule has 0 aromatic rings. The lowest BCUT2D eigenvalue weighted by atomic mass is 9.93. The summed E-state index contributed by atoms with van der Waals surface area (Å²) in [5.41, 5.74) is -0.195. The number of rotatable bonds is 3. The van der Waals surface area contributed by atoms with Gasteiger partial charge in [-0.1, -0.05) is 13.8 Å². The Bertz CT molecular complexity index is 346. The number of methoxy groups -OCH3 is 1. The summed E-state index contributed by atoms with van der Waals surface area (Å²) in [6.07, 6.45) is 0. The second-order valence-corrected chi connectivity index (χ2v) is 8.17. The van der Waals surface area contributed by atoms with Crippen LogP contribution in [0.3, 0.4) is 0 Å². The van der Waals surface area contributed by atoms with Crippen LogP contribution in [0.5, 0.6) is 0 Å². The molecule has 6 heteroatoms. The fraction of sp³-hybridized carbons (Fsp3) is 1.00. The summed E-state index contributed by atoms with van der Waals surface area (Å²) < 4.78 is 26.9. The van der Waals surface area contributed by atoms with Gasteiger partial charge >= 0.3 is 0 Å². The molecule has 2 aliphatic rings. The van der Waals surface area contributed by atoms with Crippen molar-refractivity contribution >= 4 is 0 Å². The molecule has 2 aliphatic heterocycles. The van der Waals surface area contributed by atoms with Gasteiger partial charge in [0.05, 0.1) is 39.6 Å². The lowest BCUT2D eigenvalue weighted by Crippen LogP contribution is -2.47. The first-order valence-electron chi connectivity index (χ1n) is 8.11. The normalized spacial score (nSPS) is 27.7. The number of hydrogen-bond donors (Lipinski definition) is 1. The molecule has 0 atom stereocenters. The van der Waals surface area contributed by atoms with Crippen molar-refractivity contribution in [1.82, 2.24) is 0 Å². The van der Waals surface area contributed by atoms with E-state index in [-0.39, 0.29) is 17.4 Å². The van der Waals surface area contributed by atoms with Crippen LogP contribution in [0.25, 0.3) is 0 Å². The summed E-state index contributed by atoms with van der Waals surface area (Å²) >= 11 is 0. The summed E-state index contributed by atoms with van der Waals surface area (Å²) in [7, 11) is 1.70. The van der Waals surface area contributed by atoms with Crippen molar-refractivity contribution in [3.8, 4) is 0 Å². The first-order valence-corrected chi connectivity index (χ1v) is 8.11.